The maximum Gasteiger partial charge on any atom is 0.359 e. The van der Waals surface area contributed by atoms with Gasteiger partial charge in [0.25, 0.3) is 11.8 Å². The van der Waals surface area contributed by atoms with Gasteiger partial charge in [-0.2, -0.15) is 0 Å². The molecule has 0 aromatic carbocycles. The zero-order chi connectivity index (χ0) is 27.3. The Morgan fingerprint density at radius 3 is 2.70 bits per heavy atom. The van der Waals surface area contributed by atoms with Crippen molar-refractivity contribution in [2.75, 3.05) is 24.3 Å². The van der Waals surface area contributed by atoms with Crippen LogP contribution in [0.2, 0.25) is 0 Å². The van der Waals surface area contributed by atoms with Gasteiger partial charge in [-0.05, 0) is 6.26 Å². The first-order valence-electron chi connectivity index (χ1n) is 10.6. The van der Waals surface area contributed by atoms with Gasteiger partial charge in [-0.1, -0.05) is 12.1 Å². The second-order valence-corrected chi connectivity index (χ2v) is 10.2. The number of ether oxygens (including phenoxy) is 2. The molecule has 2 amide bonds. The van der Waals surface area contributed by atoms with Crippen LogP contribution in [0.25, 0.3) is 0 Å². The maximum atomic E-state index is 13.1. The zero-order valence-electron chi connectivity index (χ0n) is 19.8. The van der Waals surface area contributed by atoms with Crippen LogP contribution in [0.15, 0.2) is 21.1 Å². The number of hydrogen-bond donors (Lipinski definition) is 3. The second kappa shape index (κ2) is 12.3. The number of aromatic nitrogens is 1. The second-order valence-electron chi connectivity index (χ2n) is 7.33. The summed E-state index contributed by atoms with van der Waals surface area (Å²) in [6.45, 7) is 2.18. The highest BCUT2D eigenvalue weighted by atomic mass is 32.2. The van der Waals surface area contributed by atoms with Crippen LogP contribution in [0.3, 0.4) is 0 Å². The number of esters is 2. The monoisotopic (exact) mass is 573 g/mol. The van der Waals surface area contributed by atoms with Gasteiger partial charge in [-0.25, -0.2) is 14.6 Å². The predicted molar refractivity (Wildman–Crippen MR) is 134 cm³/mol. The molecular formula is C20H23N5O9S3. The van der Waals surface area contributed by atoms with E-state index in [9.17, 15) is 24.0 Å². The molecule has 3 rings (SSSR count). The van der Waals surface area contributed by atoms with E-state index >= 15 is 0 Å². The van der Waals surface area contributed by atoms with E-state index in [0.717, 1.165) is 11.3 Å². The van der Waals surface area contributed by atoms with Gasteiger partial charge < -0.3 is 30.5 Å². The molecule has 0 bridgehead atoms. The van der Waals surface area contributed by atoms with Crippen molar-refractivity contribution in [3.63, 3.8) is 0 Å². The number of rotatable bonds is 11. The lowest BCUT2D eigenvalue weighted by atomic mass is 10.0. The van der Waals surface area contributed by atoms with E-state index in [1.807, 2.05) is 0 Å². The Labute approximate surface area is 222 Å². The third-order valence-corrected chi connectivity index (χ3v) is 7.81. The van der Waals surface area contributed by atoms with Crippen LogP contribution in [0.5, 0.6) is 0 Å². The average molecular weight is 574 g/mol. The van der Waals surface area contributed by atoms with Crippen LogP contribution in [0.4, 0.5) is 5.13 Å². The molecule has 2 aliphatic rings. The molecule has 4 N–H and O–H groups in total. The molecule has 0 aliphatic carbocycles. The van der Waals surface area contributed by atoms with Crippen molar-refractivity contribution in [2.24, 2.45) is 5.16 Å². The summed E-state index contributed by atoms with van der Waals surface area (Å²) in [5, 5.41) is 15.8. The lowest BCUT2D eigenvalue weighted by molar-refractivity contribution is -0.184. The molecule has 37 heavy (non-hydrogen) atoms. The van der Waals surface area contributed by atoms with Gasteiger partial charge in [-0.3, -0.25) is 19.3 Å². The van der Waals surface area contributed by atoms with Gasteiger partial charge in [0.2, 0.25) is 12.9 Å². The summed E-state index contributed by atoms with van der Waals surface area (Å²) in [5.41, 5.74) is 5.30. The predicted octanol–water partition coefficient (Wildman–Crippen LogP) is 0.348. The Bertz CT molecular complexity index is 1170. The molecular weight excluding hydrogens is 550 g/mol. The van der Waals surface area contributed by atoms with E-state index in [-0.39, 0.29) is 28.7 Å². The normalized spacial score (nSPS) is 19.9. The third-order valence-electron chi connectivity index (χ3n) is 4.84. The minimum atomic E-state index is -1.31. The van der Waals surface area contributed by atoms with Crippen LogP contribution in [-0.4, -0.2) is 86.7 Å². The summed E-state index contributed by atoms with van der Waals surface area (Å²) in [7, 11) is 0. The Morgan fingerprint density at radius 2 is 2.11 bits per heavy atom. The number of aliphatic carboxylic acids is 1. The number of carboxylic acid groups (broad SMARTS) is 1. The standard InChI is InChI=1S/C20H23N5O9S3/c1-4-12(28)33-8(2)34-19(31)15-10(35-3)7-36-18-14(17(30)25(15)18)23-16(29)13(24-32-5-11(26)27)9-6-37-20(21)22-9/h6,8,14,18H,4-5,7H2,1-3H3,(H2,21,22)(H,23,29)(H,26,27)/b24-13+/t8?,14?,18-/m1/s1. The molecule has 1 aromatic rings. The van der Waals surface area contributed by atoms with Crippen molar-refractivity contribution in [3.8, 4) is 0 Å². The highest BCUT2D eigenvalue weighted by Crippen LogP contribution is 2.43. The van der Waals surface area contributed by atoms with E-state index in [1.54, 1.807) is 13.2 Å². The number of nitrogens with two attached hydrogens (primary N) is 1. The first-order chi connectivity index (χ1) is 17.6. The molecule has 3 heterocycles. The number of nitrogens with zero attached hydrogens (tertiary/aromatic N) is 3. The SMILES string of the molecule is CCC(=O)OC(C)OC(=O)C1=C(SC)CS[C@@H]2C(NC(=O)/C(=N/OCC(=O)O)c3csc(N)n3)C(=O)N12. The molecule has 2 unspecified atom stereocenters. The van der Waals surface area contributed by atoms with Crippen LogP contribution in [-0.2, 0) is 38.3 Å². The van der Waals surface area contributed by atoms with E-state index in [1.165, 1.54) is 40.7 Å². The Morgan fingerprint density at radius 1 is 1.38 bits per heavy atom. The number of nitrogen functional groups attached to an aromatic ring is 1. The lowest BCUT2D eigenvalue weighted by Gasteiger charge is -2.49. The largest absolute Gasteiger partial charge is 0.479 e. The summed E-state index contributed by atoms with van der Waals surface area (Å²) in [6, 6.07) is -1.03. The molecule has 1 saturated heterocycles. The Kier molecular flexibility index (Phi) is 9.39. The number of β-lactam (4-membered cyclic amide) rings is 1. The zero-order valence-corrected chi connectivity index (χ0v) is 22.2. The Hall–Kier alpha value is -3.31. The molecule has 1 aromatic heterocycles. The van der Waals surface area contributed by atoms with E-state index < -0.39 is 54.0 Å². The number of thioether (sulfide) groups is 2. The summed E-state index contributed by atoms with van der Waals surface area (Å²) < 4.78 is 10.2. The van der Waals surface area contributed by atoms with Gasteiger partial charge >= 0.3 is 17.9 Å². The van der Waals surface area contributed by atoms with Gasteiger partial charge in [0.15, 0.2) is 10.8 Å². The molecule has 200 valence electrons. The smallest absolute Gasteiger partial charge is 0.359 e. The van der Waals surface area contributed by atoms with Crippen LogP contribution >= 0.6 is 34.9 Å². The van der Waals surface area contributed by atoms with Crippen LogP contribution in [0.1, 0.15) is 26.0 Å². The number of hydrogen-bond acceptors (Lipinski definition) is 14. The van der Waals surface area contributed by atoms with Gasteiger partial charge in [0.1, 0.15) is 22.8 Å². The number of fused-ring (bicyclic) bond motifs is 1. The molecule has 14 nitrogen and oxygen atoms in total. The molecule has 0 radical (unpaired) electrons. The summed E-state index contributed by atoms with van der Waals surface area (Å²) in [6.07, 6.45) is 0.684. The number of amides is 2. The maximum absolute atomic E-state index is 13.1. The summed E-state index contributed by atoms with van der Waals surface area (Å²) in [4.78, 5) is 71.7. The molecule has 3 atom stereocenters. The molecule has 0 saturated carbocycles. The minimum absolute atomic E-state index is 0.0112. The van der Waals surface area contributed by atoms with Gasteiger partial charge in [-0.15, -0.1) is 34.9 Å². The van der Waals surface area contributed by atoms with Crippen LogP contribution in [0, 0.1) is 0 Å². The third kappa shape index (κ3) is 6.53. The van der Waals surface area contributed by atoms with Crippen LogP contribution < -0.4 is 11.1 Å². The highest BCUT2D eigenvalue weighted by Gasteiger charge is 2.55. The molecule has 1 fully saturated rings. The van der Waals surface area contributed by atoms with Gasteiger partial charge in [0.05, 0.1) is 0 Å². The first-order valence-corrected chi connectivity index (χ1v) is 13.8. The molecule has 2 aliphatic heterocycles. The first kappa shape index (κ1) is 28.3. The number of nitrogens with one attached hydrogen (secondary N) is 1. The number of anilines is 1. The van der Waals surface area contributed by atoms with Crippen molar-refractivity contribution >= 4 is 75.4 Å². The Balaban J connectivity index is 1.76. The average Bonchev–Trinajstić information content (AvgIpc) is 3.28. The number of carbonyl (C=O) groups is 5. The van der Waals surface area contributed by atoms with Crippen molar-refractivity contribution in [2.45, 2.75) is 38.0 Å². The van der Waals surface area contributed by atoms with E-state index in [2.05, 4.69) is 15.5 Å². The summed E-state index contributed by atoms with van der Waals surface area (Å²) >= 11 is 3.62. The quantitative estimate of drug-likeness (QED) is 0.108. The van der Waals surface area contributed by atoms with E-state index in [0.29, 0.717) is 10.7 Å². The van der Waals surface area contributed by atoms with Crippen molar-refractivity contribution in [1.29, 1.82) is 0 Å². The van der Waals surface area contributed by atoms with Crippen molar-refractivity contribution in [1.82, 2.24) is 15.2 Å². The number of thiazole rings is 1. The fourth-order valence-corrected chi connectivity index (χ4v) is 5.99. The number of oxime groups is 1. The molecule has 0 spiro atoms. The fourth-order valence-electron chi connectivity index (χ4n) is 3.20. The minimum Gasteiger partial charge on any atom is -0.479 e. The van der Waals surface area contributed by atoms with Crippen molar-refractivity contribution in [3.05, 3.63) is 21.7 Å². The summed E-state index contributed by atoms with van der Waals surface area (Å²) in [5.74, 6) is -3.76. The van der Waals surface area contributed by atoms with Crippen molar-refractivity contribution < 1.29 is 43.4 Å². The highest BCUT2D eigenvalue weighted by molar-refractivity contribution is 8.05. The van der Waals surface area contributed by atoms with Gasteiger partial charge in [0, 0.05) is 29.4 Å². The fraction of sp³-hybridized carbons (Fsp3) is 0.450. The molecule has 17 heteroatoms. The topological polar surface area (TPSA) is 200 Å². The number of carboxylic acids is 1. The lowest BCUT2D eigenvalue weighted by Crippen LogP contribution is -2.71. The number of carbonyl (C=O) groups excluding carboxylic acids is 4. The van der Waals surface area contributed by atoms with E-state index in [4.69, 9.17) is 25.2 Å².